The molecule has 3 heterocycles. The highest BCUT2D eigenvalue weighted by molar-refractivity contribution is 6.12. The second-order valence-corrected chi connectivity index (χ2v) is 17.1. The van der Waals surface area contributed by atoms with Gasteiger partial charge in [0, 0.05) is 55.2 Å². The van der Waals surface area contributed by atoms with Gasteiger partial charge in [-0.1, -0.05) is 152 Å². The highest BCUT2D eigenvalue weighted by Gasteiger charge is 2.20. The molecule has 3 aromatic heterocycles. The highest BCUT2D eigenvalue weighted by Crippen LogP contribution is 2.40. The molecule has 320 valence electrons. The molecule has 9 aromatic carbocycles. The second-order valence-electron chi connectivity index (χ2n) is 17.1. The van der Waals surface area contributed by atoms with Gasteiger partial charge in [0.25, 0.3) is 0 Å². The fraction of sp³-hybridized carbons (Fsp3) is 0.0161. The summed E-state index contributed by atoms with van der Waals surface area (Å²) in [6.07, 6.45) is 0. The summed E-state index contributed by atoms with van der Waals surface area (Å²) in [5.41, 5.74) is 16.5. The van der Waals surface area contributed by atoms with Gasteiger partial charge in [-0.2, -0.15) is 5.26 Å². The molecule has 0 aliphatic carbocycles. The Kier molecular flexibility index (Phi) is 9.73. The first-order valence-corrected chi connectivity index (χ1v) is 22.6. The number of hydrogen-bond donors (Lipinski definition) is 0. The van der Waals surface area contributed by atoms with Gasteiger partial charge in [0.15, 0.2) is 11.4 Å². The van der Waals surface area contributed by atoms with E-state index >= 15 is 0 Å². The van der Waals surface area contributed by atoms with Gasteiger partial charge >= 0.3 is 0 Å². The number of nitrogens with zero attached hydrogens (tertiary/aromatic N) is 7. The van der Waals surface area contributed by atoms with Crippen molar-refractivity contribution in [2.24, 2.45) is 0 Å². The summed E-state index contributed by atoms with van der Waals surface area (Å²) in [6.45, 7) is 17.7. The molecule has 0 saturated carbocycles. The molecular formula is C62H37N7. The quantitative estimate of drug-likeness (QED) is 0.150. The van der Waals surface area contributed by atoms with E-state index in [1.54, 1.807) is 12.1 Å². The molecule has 0 fully saturated rings. The van der Waals surface area contributed by atoms with E-state index in [0.717, 1.165) is 66.6 Å². The van der Waals surface area contributed by atoms with Crippen LogP contribution in [-0.4, -0.2) is 19.1 Å². The molecular weight excluding hydrogens is 843 g/mol. The van der Waals surface area contributed by atoms with Crippen LogP contribution in [-0.2, 0) is 0 Å². The van der Waals surface area contributed by atoms with Gasteiger partial charge in [0.2, 0.25) is 0 Å². The molecule has 0 radical (unpaired) electrons. The van der Waals surface area contributed by atoms with Crippen molar-refractivity contribution < 1.29 is 0 Å². The largest absolute Gasteiger partial charge is 0.309 e. The van der Waals surface area contributed by atoms with Crippen LogP contribution in [0.15, 0.2) is 206 Å². The van der Waals surface area contributed by atoms with Gasteiger partial charge < -0.3 is 9.13 Å². The first-order chi connectivity index (χ1) is 34.0. The predicted octanol–water partition coefficient (Wildman–Crippen LogP) is 16.3. The maximum atomic E-state index is 10.7. The molecule has 0 atom stereocenters. The summed E-state index contributed by atoms with van der Waals surface area (Å²) < 4.78 is 4.64. The lowest BCUT2D eigenvalue weighted by Gasteiger charge is -2.15. The summed E-state index contributed by atoms with van der Waals surface area (Å²) in [5, 5.41) is 15.5. The number of hydrogen-bond acceptors (Lipinski definition) is 3. The molecule has 0 bridgehead atoms. The maximum absolute atomic E-state index is 10.7. The predicted molar refractivity (Wildman–Crippen MR) is 280 cm³/mol. The van der Waals surface area contributed by atoms with Crippen molar-refractivity contribution in [3.8, 4) is 73.6 Å². The Hall–Kier alpha value is -9.87. The zero-order chi connectivity index (χ0) is 46.6. The first kappa shape index (κ1) is 40.6. The zero-order valence-electron chi connectivity index (χ0n) is 37.3. The molecule has 0 unspecified atom stereocenters. The van der Waals surface area contributed by atoms with Crippen LogP contribution >= 0.6 is 0 Å². The van der Waals surface area contributed by atoms with Gasteiger partial charge in [-0.15, -0.1) is 0 Å². The normalized spacial score (nSPS) is 11.2. The fourth-order valence-electron chi connectivity index (χ4n) is 10.0. The smallest absolute Gasteiger partial charge is 0.198 e. The minimum atomic E-state index is 0.425. The molecule has 12 rings (SSSR count). The lowest BCUT2D eigenvalue weighted by Crippen LogP contribution is -1.99. The van der Waals surface area contributed by atoms with E-state index in [-0.39, 0.29) is 0 Å². The number of aromatic nitrogens is 4. The highest BCUT2D eigenvalue weighted by atomic mass is 15.0. The van der Waals surface area contributed by atoms with E-state index in [1.807, 2.05) is 60.7 Å². The van der Waals surface area contributed by atoms with E-state index in [2.05, 4.69) is 165 Å². The van der Waals surface area contributed by atoms with Crippen molar-refractivity contribution in [3.05, 3.63) is 240 Å². The molecule has 0 saturated heterocycles. The topological polar surface area (TPSA) is 68.2 Å². The maximum Gasteiger partial charge on any atom is 0.198 e. The van der Waals surface area contributed by atoms with Crippen LogP contribution in [0.2, 0.25) is 0 Å². The second kappa shape index (κ2) is 16.5. The molecule has 69 heavy (non-hydrogen) atoms. The van der Waals surface area contributed by atoms with E-state index in [9.17, 15) is 5.26 Å². The van der Waals surface area contributed by atoms with E-state index in [0.29, 0.717) is 45.3 Å². The minimum Gasteiger partial charge on any atom is -0.309 e. The molecule has 0 amide bonds. The minimum absolute atomic E-state index is 0.425. The summed E-state index contributed by atoms with van der Waals surface area (Å²) >= 11 is 0. The number of rotatable bonds is 7. The molecule has 7 nitrogen and oxygen atoms in total. The number of benzene rings is 9. The zero-order valence-corrected chi connectivity index (χ0v) is 37.3. The Labute approximate surface area is 398 Å². The SMILES string of the molecule is [C-]#[N+]c1ccccc1-c1cc(-c2ccc(-c3ccc(-c4c(C)cc(-n5c6ccccc6c6cc(-n7c8ccccc8c8ccccc87)ccc65)cc4C#N)cc3)cc2)nc(-c2ccccc2[N+]#[C-])n1. The monoisotopic (exact) mass is 879 g/mol. The number of aryl methyl sites for hydroxylation is 1. The van der Waals surface area contributed by atoms with Gasteiger partial charge in [0.1, 0.15) is 5.82 Å². The third-order valence-electron chi connectivity index (χ3n) is 13.2. The van der Waals surface area contributed by atoms with Crippen LogP contribution in [0.25, 0.3) is 121 Å². The van der Waals surface area contributed by atoms with Crippen LogP contribution in [0.1, 0.15) is 11.1 Å². The summed E-state index contributed by atoms with van der Waals surface area (Å²) in [4.78, 5) is 17.3. The van der Waals surface area contributed by atoms with Crippen molar-refractivity contribution in [2.45, 2.75) is 6.92 Å². The molecule has 0 aliphatic heterocycles. The standard InChI is InChI=1S/C62H37N7/c1-39-34-46(69-59-23-13-8-16-49(59)52-36-45(32-33-60(52)69)68-57-21-11-6-14-47(57)48-15-7-12-22-58(48)68)35-44(38-63)61(39)43-30-26-41(27-31-43)40-24-28-42(29-25-40)55-37-56(50-17-4-9-19-53(50)64-2)67-62(66-55)51-18-5-10-20-54(51)65-3/h4-37H,1H3. The van der Waals surface area contributed by atoms with Crippen molar-refractivity contribution >= 4 is 55.0 Å². The molecule has 0 spiro atoms. The Morgan fingerprint density at radius 2 is 0.913 bits per heavy atom. The summed E-state index contributed by atoms with van der Waals surface area (Å²) in [7, 11) is 0. The van der Waals surface area contributed by atoms with Crippen molar-refractivity contribution in [2.75, 3.05) is 0 Å². The van der Waals surface area contributed by atoms with Crippen LogP contribution in [0, 0.1) is 31.4 Å². The molecule has 0 aliphatic rings. The lowest BCUT2D eigenvalue weighted by atomic mass is 9.93. The Morgan fingerprint density at radius 1 is 0.435 bits per heavy atom. The fourth-order valence-corrected chi connectivity index (χ4v) is 10.0. The summed E-state index contributed by atoms with van der Waals surface area (Å²) in [5.74, 6) is 0.425. The Morgan fingerprint density at radius 3 is 1.52 bits per heavy atom. The number of para-hydroxylation sites is 5. The van der Waals surface area contributed by atoms with Gasteiger partial charge in [-0.05, 0) is 83.8 Å². The van der Waals surface area contributed by atoms with E-state index in [4.69, 9.17) is 23.1 Å². The molecule has 0 N–H and O–H groups in total. The molecule has 12 aromatic rings. The van der Waals surface area contributed by atoms with Crippen molar-refractivity contribution in [3.63, 3.8) is 0 Å². The average molecular weight is 880 g/mol. The lowest BCUT2D eigenvalue weighted by molar-refractivity contribution is 1.16. The van der Waals surface area contributed by atoms with Crippen LogP contribution in [0.5, 0.6) is 0 Å². The summed E-state index contributed by atoms with van der Waals surface area (Å²) in [6, 6.07) is 72.4. The van der Waals surface area contributed by atoms with Gasteiger partial charge in [0.05, 0.1) is 58.2 Å². The van der Waals surface area contributed by atoms with E-state index in [1.165, 1.54) is 21.8 Å². The van der Waals surface area contributed by atoms with Crippen LogP contribution < -0.4 is 0 Å². The van der Waals surface area contributed by atoms with Crippen molar-refractivity contribution in [1.29, 1.82) is 5.26 Å². The Bertz CT molecular complexity index is 4040. The molecule has 7 heteroatoms. The third kappa shape index (κ3) is 6.80. The third-order valence-corrected chi connectivity index (χ3v) is 13.2. The van der Waals surface area contributed by atoms with E-state index < -0.39 is 0 Å². The van der Waals surface area contributed by atoms with Crippen LogP contribution in [0.3, 0.4) is 0 Å². The number of nitriles is 1. The van der Waals surface area contributed by atoms with Gasteiger partial charge in [-0.3, -0.25) is 0 Å². The Balaban J connectivity index is 0.882. The van der Waals surface area contributed by atoms with Crippen molar-refractivity contribution in [1.82, 2.24) is 19.1 Å². The number of fused-ring (bicyclic) bond motifs is 6. The average Bonchev–Trinajstić information content (AvgIpc) is 3.93. The first-order valence-electron chi connectivity index (χ1n) is 22.6. The van der Waals surface area contributed by atoms with Gasteiger partial charge in [-0.25, -0.2) is 19.7 Å². The van der Waals surface area contributed by atoms with Crippen LogP contribution in [0.4, 0.5) is 11.4 Å².